The van der Waals surface area contributed by atoms with Crippen LogP contribution in [0.4, 0.5) is 13.2 Å². The van der Waals surface area contributed by atoms with Gasteiger partial charge in [-0.05, 0) is 46.2 Å². The van der Waals surface area contributed by atoms with Crippen LogP contribution in [0.15, 0.2) is 0 Å². The maximum Gasteiger partial charge on any atom is 0.393 e. The molecule has 3 unspecified atom stereocenters. The van der Waals surface area contributed by atoms with E-state index < -0.39 is 12.1 Å². The van der Waals surface area contributed by atoms with Crippen LogP contribution in [0.2, 0.25) is 0 Å². The average molecular weight is 266 g/mol. The Balaban J connectivity index is 2.45. The molecule has 1 saturated heterocycles. The fourth-order valence-corrected chi connectivity index (χ4v) is 2.77. The maximum absolute atomic E-state index is 12.7. The van der Waals surface area contributed by atoms with Gasteiger partial charge in [0, 0.05) is 18.6 Å². The minimum atomic E-state index is -4.04. The molecule has 1 aliphatic heterocycles. The van der Waals surface area contributed by atoms with Crippen molar-refractivity contribution >= 4 is 0 Å². The number of halogens is 3. The lowest BCUT2D eigenvalue weighted by molar-refractivity contribution is -0.188. The van der Waals surface area contributed by atoms with Gasteiger partial charge in [-0.2, -0.15) is 13.2 Å². The fraction of sp³-hybridized carbons (Fsp3) is 1.00. The summed E-state index contributed by atoms with van der Waals surface area (Å²) >= 11 is 0. The first-order valence-electron chi connectivity index (χ1n) is 6.88. The molecule has 0 spiro atoms. The summed E-state index contributed by atoms with van der Waals surface area (Å²) in [5.41, 5.74) is 0. The number of nitrogens with one attached hydrogen (secondary N) is 1. The van der Waals surface area contributed by atoms with Crippen molar-refractivity contribution in [1.82, 2.24) is 10.2 Å². The van der Waals surface area contributed by atoms with Crippen molar-refractivity contribution in [2.75, 3.05) is 19.6 Å². The summed E-state index contributed by atoms with van der Waals surface area (Å²) in [6.07, 6.45) is -2.19. The summed E-state index contributed by atoms with van der Waals surface area (Å²) in [7, 11) is 0. The Bertz CT molecular complexity index is 243. The SMILES string of the molecule is CCNC(C)CC(C)N1CCCC(C(F)(F)F)C1. The van der Waals surface area contributed by atoms with Crippen molar-refractivity contribution in [3.63, 3.8) is 0 Å². The lowest BCUT2D eigenvalue weighted by Gasteiger charge is -2.38. The number of piperidine rings is 1. The zero-order valence-electron chi connectivity index (χ0n) is 11.6. The van der Waals surface area contributed by atoms with Crippen molar-refractivity contribution in [2.24, 2.45) is 5.92 Å². The molecule has 5 heteroatoms. The predicted molar refractivity (Wildman–Crippen MR) is 67.6 cm³/mol. The van der Waals surface area contributed by atoms with Crippen molar-refractivity contribution in [3.8, 4) is 0 Å². The topological polar surface area (TPSA) is 15.3 Å². The third-order valence-corrected chi connectivity index (χ3v) is 3.79. The zero-order chi connectivity index (χ0) is 13.8. The van der Waals surface area contributed by atoms with Crippen LogP contribution in [0.25, 0.3) is 0 Å². The summed E-state index contributed by atoms with van der Waals surface area (Å²) in [5.74, 6) is -1.14. The first kappa shape index (κ1) is 15.8. The summed E-state index contributed by atoms with van der Waals surface area (Å²) in [6, 6.07) is 0.570. The second kappa shape index (κ2) is 6.75. The normalized spacial score (nSPS) is 26.0. The molecule has 0 radical (unpaired) electrons. The number of hydrogen-bond donors (Lipinski definition) is 1. The molecular weight excluding hydrogens is 241 g/mol. The van der Waals surface area contributed by atoms with Gasteiger partial charge in [-0.3, -0.25) is 4.90 Å². The summed E-state index contributed by atoms with van der Waals surface area (Å²) in [6.45, 7) is 8.04. The fourth-order valence-electron chi connectivity index (χ4n) is 2.77. The molecule has 18 heavy (non-hydrogen) atoms. The average Bonchev–Trinajstić information content (AvgIpc) is 2.28. The van der Waals surface area contributed by atoms with E-state index in [-0.39, 0.29) is 19.0 Å². The first-order valence-corrected chi connectivity index (χ1v) is 6.88. The molecule has 0 saturated carbocycles. The van der Waals surface area contributed by atoms with Crippen LogP contribution in [0.5, 0.6) is 0 Å². The molecule has 1 fully saturated rings. The minimum absolute atomic E-state index is 0.170. The highest BCUT2D eigenvalue weighted by molar-refractivity contribution is 4.82. The predicted octanol–water partition coefficient (Wildman–Crippen LogP) is 3.04. The Morgan fingerprint density at radius 2 is 2.00 bits per heavy atom. The van der Waals surface area contributed by atoms with E-state index in [1.165, 1.54) is 0 Å². The maximum atomic E-state index is 12.7. The van der Waals surface area contributed by atoms with Gasteiger partial charge < -0.3 is 5.32 Å². The second-order valence-corrected chi connectivity index (χ2v) is 5.42. The highest BCUT2D eigenvalue weighted by Gasteiger charge is 2.42. The number of nitrogens with zero attached hydrogens (tertiary/aromatic N) is 1. The van der Waals surface area contributed by atoms with Gasteiger partial charge in [0.1, 0.15) is 0 Å². The molecule has 1 heterocycles. The molecule has 1 rings (SSSR count). The Labute approximate surface area is 108 Å². The number of likely N-dealkylation sites (tertiary alicyclic amines) is 1. The van der Waals surface area contributed by atoms with E-state index >= 15 is 0 Å². The van der Waals surface area contributed by atoms with E-state index in [9.17, 15) is 13.2 Å². The van der Waals surface area contributed by atoms with Crippen LogP contribution in [0.3, 0.4) is 0 Å². The van der Waals surface area contributed by atoms with Gasteiger partial charge in [-0.15, -0.1) is 0 Å². The van der Waals surface area contributed by atoms with Gasteiger partial charge in [-0.25, -0.2) is 0 Å². The molecule has 0 aliphatic carbocycles. The van der Waals surface area contributed by atoms with Crippen molar-refractivity contribution < 1.29 is 13.2 Å². The van der Waals surface area contributed by atoms with Crippen LogP contribution >= 0.6 is 0 Å². The van der Waals surface area contributed by atoms with E-state index in [0.717, 1.165) is 19.5 Å². The number of rotatable bonds is 5. The second-order valence-electron chi connectivity index (χ2n) is 5.42. The smallest absolute Gasteiger partial charge is 0.314 e. The molecule has 0 amide bonds. The van der Waals surface area contributed by atoms with Crippen molar-refractivity contribution in [2.45, 2.75) is 58.3 Å². The lowest BCUT2D eigenvalue weighted by Crippen LogP contribution is -2.47. The van der Waals surface area contributed by atoms with Crippen LogP contribution in [0.1, 0.15) is 40.0 Å². The van der Waals surface area contributed by atoms with Crippen molar-refractivity contribution in [1.29, 1.82) is 0 Å². The molecule has 0 bridgehead atoms. The van der Waals surface area contributed by atoms with Gasteiger partial charge >= 0.3 is 6.18 Å². The standard InChI is InChI=1S/C13H25F3N2/c1-4-17-10(2)8-11(3)18-7-5-6-12(9-18)13(14,15)16/h10-12,17H,4-9H2,1-3H3. The zero-order valence-corrected chi connectivity index (χ0v) is 11.6. The molecule has 0 aromatic heterocycles. The Kier molecular flexibility index (Phi) is 5.92. The minimum Gasteiger partial charge on any atom is -0.314 e. The quantitative estimate of drug-likeness (QED) is 0.823. The molecule has 2 nitrogen and oxygen atoms in total. The molecule has 1 N–H and O–H groups in total. The van der Waals surface area contributed by atoms with Crippen LogP contribution in [-0.4, -0.2) is 42.8 Å². The van der Waals surface area contributed by atoms with Gasteiger partial charge in [0.25, 0.3) is 0 Å². The number of alkyl halides is 3. The lowest BCUT2D eigenvalue weighted by atomic mass is 9.95. The van der Waals surface area contributed by atoms with E-state index in [2.05, 4.69) is 12.2 Å². The summed E-state index contributed by atoms with van der Waals surface area (Å²) in [5, 5.41) is 3.31. The van der Waals surface area contributed by atoms with E-state index in [1.807, 2.05) is 18.7 Å². The van der Waals surface area contributed by atoms with Gasteiger partial charge in [-0.1, -0.05) is 6.92 Å². The van der Waals surface area contributed by atoms with Crippen LogP contribution in [0, 0.1) is 5.92 Å². The largest absolute Gasteiger partial charge is 0.393 e. The van der Waals surface area contributed by atoms with Gasteiger partial charge in [0.15, 0.2) is 0 Å². The van der Waals surface area contributed by atoms with Crippen LogP contribution < -0.4 is 5.32 Å². The van der Waals surface area contributed by atoms with Crippen molar-refractivity contribution in [3.05, 3.63) is 0 Å². The van der Waals surface area contributed by atoms with E-state index in [1.54, 1.807) is 0 Å². The number of hydrogen-bond acceptors (Lipinski definition) is 2. The summed E-state index contributed by atoms with van der Waals surface area (Å²) in [4.78, 5) is 2.00. The third kappa shape index (κ3) is 4.76. The highest BCUT2D eigenvalue weighted by Crippen LogP contribution is 2.33. The summed E-state index contributed by atoms with van der Waals surface area (Å²) < 4.78 is 38.2. The highest BCUT2D eigenvalue weighted by atomic mass is 19.4. The molecule has 3 atom stereocenters. The molecule has 0 aromatic rings. The Morgan fingerprint density at radius 3 is 2.56 bits per heavy atom. The molecule has 1 aliphatic rings. The van der Waals surface area contributed by atoms with E-state index in [0.29, 0.717) is 12.5 Å². The Morgan fingerprint density at radius 1 is 1.33 bits per heavy atom. The molecular formula is C13H25F3N2. The first-order chi connectivity index (χ1) is 8.34. The monoisotopic (exact) mass is 266 g/mol. The third-order valence-electron chi connectivity index (χ3n) is 3.79. The molecule has 0 aromatic carbocycles. The molecule has 108 valence electrons. The van der Waals surface area contributed by atoms with E-state index in [4.69, 9.17) is 0 Å². The Hall–Kier alpha value is -0.290. The van der Waals surface area contributed by atoms with Crippen LogP contribution in [-0.2, 0) is 0 Å². The van der Waals surface area contributed by atoms with Gasteiger partial charge in [0.2, 0.25) is 0 Å². The van der Waals surface area contributed by atoms with Gasteiger partial charge in [0.05, 0.1) is 5.92 Å².